The molecule has 1 aromatic carbocycles. The van der Waals surface area contributed by atoms with Gasteiger partial charge in [0.05, 0.1) is 23.9 Å². The monoisotopic (exact) mass is 325 g/mol. The molecular formula is C15H23N3O3S. The zero-order valence-corrected chi connectivity index (χ0v) is 14.1. The van der Waals surface area contributed by atoms with Gasteiger partial charge >= 0.3 is 0 Å². The number of methoxy groups -OCH3 is 1. The van der Waals surface area contributed by atoms with Gasteiger partial charge in [0, 0.05) is 26.1 Å². The molecule has 1 aromatic heterocycles. The highest BCUT2D eigenvalue weighted by Crippen LogP contribution is 2.20. The highest BCUT2D eigenvalue weighted by molar-refractivity contribution is 7.89. The molecule has 0 amide bonds. The lowest BCUT2D eigenvalue weighted by atomic mass is 10.3. The van der Waals surface area contributed by atoms with Crippen LogP contribution in [0.3, 0.4) is 0 Å². The fourth-order valence-corrected chi connectivity index (χ4v) is 3.53. The molecule has 122 valence electrons. The Bertz CT molecular complexity index is 738. The van der Waals surface area contributed by atoms with Crippen LogP contribution in [-0.2, 0) is 23.5 Å². The van der Waals surface area contributed by atoms with Gasteiger partial charge in [-0.05, 0) is 18.6 Å². The van der Waals surface area contributed by atoms with Crippen molar-refractivity contribution in [1.82, 2.24) is 14.3 Å². The number of hydrogen-bond donors (Lipinski definition) is 1. The molecule has 0 aliphatic rings. The van der Waals surface area contributed by atoms with Crippen LogP contribution in [0.5, 0.6) is 5.75 Å². The summed E-state index contributed by atoms with van der Waals surface area (Å²) in [6, 6.07) is 5.72. The first kappa shape index (κ1) is 16.8. The molecule has 0 fully saturated rings. The van der Waals surface area contributed by atoms with Crippen molar-refractivity contribution in [2.45, 2.75) is 26.2 Å². The normalized spacial score (nSPS) is 12.0. The predicted octanol–water partition coefficient (Wildman–Crippen LogP) is 1.84. The van der Waals surface area contributed by atoms with E-state index in [0.29, 0.717) is 19.4 Å². The Morgan fingerprint density at radius 1 is 1.36 bits per heavy atom. The van der Waals surface area contributed by atoms with Gasteiger partial charge in [-0.1, -0.05) is 13.3 Å². The quantitative estimate of drug-likeness (QED) is 0.804. The summed E-state index contributed by atoms with van der Waals surface area (Å²) >= 11 is 0. The van der Waals surface area contributed by atoms with Gasteiger partial charge in [0.25, 0.3) is 0 Å². The molecule has 0 bridgehead atoms. The Labute approximate surface area is 131 Å². The van der Waals surface area contributed by atoms with Gasteiger partial charge in [0.15, 0.2) is 0 Å². The van der Waals surface area contributed by atoms with Gasteiger partial charge in [0.1, 0.15) is 11.6 Å². The minimum atomic E-state index is -3.17. The van der Waals surface area contributed by atoms with Crippen LogP contribution < -0.4 is 9.46 Å². The summed E-state index contributed by atoms with van der Waals surface area (Å²) in [6.45, 7) is 2.34. The summed E-state index contributed by atoms with van der Waals surface area (Å²) in [5.74, 6) is 1.79. The van der Waals surface area contributed by atoms with Gasteiger partial charge < -0.3 is 9.30 Å². The summed E-state index contributed by atoms with van der Waals surface area (Å²) in [5.41, 5.74) is 1.86. The van der Waals surface area contributed by atoms with Crippen LogP contribution in [0.15, 0.2) is 18.2 Å². The van der Waals surface area contributed by atoms with Crippen molar-refractivity contribution in [2.24, 2.45) is 7.05 Å². The molecule has 1 N–H and O–H groups in total. The minimum absolute atomic E-state index is 0.184. The molecule has 2 aromatic rings. The predicted molar refractivity (Wildman–Crippen MR) is 87.7 cm³/mol. The molecule has 1 heterocycles. The SMILES string of the molecule is CCCCS(=O)(=O)NCCc1nc2cc(OC)ccc2n1C. The van der Waals surface area contributed by atoms with Gasteiger partial charge in [-0.3, -0.25) is 0 Å². The van der Waals surface area contributed by atoms with Crippen molar-refractivity contribution in [2.75, 3.05) is 19.4 Å². The van der Waals surface area contributed by atoms with Crippen LogP contribution in [0, 0.1) is 0 Å². The highest BCUT2D eigenvalue weighted by Gasteiger charge is 2.11. The first-order valence-electron chi connectivity index (χ1n) is 7.43. The van der Waals surface area contributed by atoms with Crippen LogP contribution in [0.2, 0.25) is 0 Å². The molecule has 0 unspecified atom stereocenters. The van der Waals surface area contributed by atoms with E-state index >= 15 is 0 Å². The Hall–Kier alpha value is -1.60. The summed E-state index contributed by atoms with van der Waals surface area (Å²) < 4.78 is 33.3. The van der Waals surface area contributed by atoms with E-state index in [1.54, 1.807) is 7.11 Å². The summed E-state index contributed by atoms with van der Waals surface area (Å²) in [4.78, 5) is 4.55. The molecule has 0 spiro atoms. The minimum Gasteiger partial charge on any atom is -0.497 e. The lowest BCUT2D eigenvalue weighted by Crippen LogP contribution is -2.28. The number of aromatic nitrogens is 2. The molecule has 6 nitrogen and oxygen atoms in total. The zero-order chi connectivity index (χ0) is 16.2. The molecule has 0 radical (unpaired) electrons. The number of unbranched alkanes of at least 4 members (excludes halogenated alkanes) is 1. The van der Waals surface area contributed by atoms with Crippen LogP contribution in [0.1, 0.15) is 25.6 Å². The van der Waals surface area contributed by atoms with Gasteiger partial charge in [0.2, 0.25) is 10.0 Å². The second kappa shape index (κ2) is 7.11. The number of nitrogens with one attached hydrogen (secondary N) is 1. The standard InChI is InChI=1S/C15H23N3O3S/c1-4-5-10-22(19,20)16-9-8-15-17-13-11-12(21-3)6-7-14(13)18(15)2/h6-7,11,16H,4-5,8-10H2,1-3H3. The second-order valence-electron chi connectivity index (χ2n) is 5.26. The van der Waals surface area contributed by atoms with Crippen LogP contribution in [0.25, 0.3) is 11.0 Å². The Kier molecular flexibility index (Phi) is 5.42. The number of ether oxygens (including phenoxy) is 1. The molecular weight excluding hydrogens is 302 g/mol. The van der Waals surface area contributed by atoms with E-state index < -0.39 is 10.0 Å². The van der Waals surface area contributed by atoms with Gasteiger partial charge in [-0.2, -0.15) is 0 Å². The van der Waals surface area contributed by atoms with E-state index in [1.807, 2.05) is 36.7 Å². The Balaban J connectivity index is 2.04. The molecule has 7 heteroatoms. The molecule has 0 aliphatic heterocycles. The average Bonchev–Trinajstić information content (AvgIpc) is 2.81. The number of benzene rings is 1. The third-order valence-electron chi connectivity index (χ3n) is 3.62. The van der Waals surface area contributed by atoms with E-state index in [-0.39, 0.29) is 5.75 Å². The smallest absolute Gasteiger partial charge is 0.211 e. The van der Waals surface area contributed by atoms with E-state index in [0.717, 1.165) is 29.0 Å². The molecule has 2 rings (SSSR count). The maximum atomic E-state index is 11.8. The fraction of sp³-hybridized carbons (Fsp3) is 0.533. The Morgan fingerprint density at radius 2 is 2.14 bits per heavy atom. The molecule has 0 atom stereocenters. The molecule has 22 heavy (non-hydrogen) atoms. The summed E-state index contributed by atoms with van der Waals surface area (Å²) in [7, 11) is 0.380. The Morgan fingerprint density at radius 3 is 2.82 bits per heavy atom. The first-order valence-corrected chi connectivity index (χ1v) is 9.08. The van der Waals surface area contributed by atoms with Gasteiger partial charge in [-0.25, -0.2) is 18.1 Å². The summed E-state index contributed by atoms with van der Waals surface area (Å²) in [5, 5.41) is 0. The van der Waals surface area contributed by atoms with Gasteiger partial charge in [-0.15, -0.1) is 0 Å². The van der Waals surface area contributed by atoms with E-state index in [4.69, 9.17) is 4.74 Å². The van der Waals surface area contributed by atoms with Crippen molar-refractivity contribution in [3.63, 3.8) is 0 Å². The fourth-order valence-electron chi connectivity index (χ4n) is 2.30. The number of imidazole rings is 1. The summed E-state index contributed by atoms with van der Waals surface area (Å²) in [6.07, 6.45) is 2.10. The van der Waals surface area contributed by atoms with Crippen molar-refractivity contribution >= 4 is 21.1 Å². The lowest BCUT2D eigenvalue weighted by Gasteiger charge is -2.06. The number of hydrogen-bond acceptors (Lipinski definition) is 4. The van der Waals surface area contributed by atoms with Crippen molar-refractivity contribution in [1.29, 1.82) is 0 Å². The maximum Gasteiger partial charge on any atom is 0.211 e. The van der Waals surface area contributed by atoms with Crippen LogP contribution in [0.4, 0.5) is 0 Å². The third kappa shape index (κ3) is 3.98. The van der Waals surface area contributed by atoms with Crippen molar-refractivity contribution in [3.05, 3.63) is 24.0 Å². The number of fused-ring (bicyclic) bond motifs is 1. The number of rotatable bonds is 8. The van der Waals surface area contributed by atoms with Crippen molar-refractivity contribution < 1.29 is 13.2 Å². The number of sulfonamides is 1. The lowest BCUT2D eigenvalue weighted by molar-refractivity contribution is 0.415. The molecule has 0 saturated carbocycles. The third-order valence-corrected chi connectivity index (χ3v) is 5.09. The van der Waals surface area contributed by atoms with E-state index in [2.05, 4.69) is 9.71 Å². The molecule has 0 saturated heterocycles. The number of aryl methyl sites for hydroxylation is 1. The largest absolute Gasteiger partial charge is 0.497 e. The van der Waals surface area contributed by atoms with Crippen LogP contribution >= 0.6 is 0 Å². The average molecular weight is 325 g/mol. The second-order valence-corrected chi connectivity index (χ2v) is 7.18. The van der Waals surface area contributed by atoms with Crippen molar-refractivity contribution in [3.8, 4) is 5.75 Å². The molecule has 0 aliphatic carbocycles. The zero-order valence-electron chi connectivity index (χ0n) is 13.3. The maximum absolute atomic E-state index is 11.8. The first-order chi connectivity index (χ1) is 10.5. The van der Waals surface area contributed by atoms with E-state index in [9.17, 15) is 8.42 Å². The van der Waals surface area contributed by atoms with E-state index in [1.165, 1.54) is 0 Å². The van der Waals surface area contributed by atoms with Crippen LogP contribution in [-0.4, -0.2) is 37.4 Å². The topological polar surface area (TPSA) is 73.2 Å². The highest BCUT2D eigenvalue weighted by atomic mass is 32.2. The number of nitrogens with zero attached hydrogens (tertiary/aromatic N) is 2.